The lowest BCUT2D eigenvalue weighted by Gasteiger charge is -2.10. The molecule has 34 heavy (non-hydrogen) atoms. The number of benzene rings is 2. The molecule has 170 valence electrons. The van der Waals surface area contributed by atoms with Gasteiger partial charge in [0.15, 0.2) is 17.2 Å². The molecule has 0 saturated carbocycles. The van der Waals surface area contributed by atoms with E-state index in [-0.39, 0.29) is 10.6 Å². The molecular formula is C23H17FN6O3S. The number of sulfonamides is 1. The first-order valence-electron chi connectivity index (χ1n) is 10.1. The van der Waals surface area contributed by atoms with Gasteiger partial charge in [0.05, 0.1) is 17.7 Å². The average molecular weight is 476 g/mol. The zero-order valence-electron chi connectivity index (χ0n) is 17.8. The number of anilines is 1. The predicted molar refractivity (Wildman–Crippen MR) is 123 cm³/mol. The molecule has 3 heterocycles. The second-order valence-corrected chi connectivity index (χ2v) is 8.89. The van der Waals surface area contributed by atoms with Gasteiger partial charge in [-0.15, -0.1) is 10.2 Å². The summed E-state index contributed by atoms with van der Waals surface area (Å²) in [6, 6.07) is 19.2. The number of halogens is 1. The van der Waals surface area contributed by atoms with E-state index in [1.54, 1.807) is 47.1 Å². The fraction of sp³-hybridized carbons (Fsp3) is 0.0435. The Kier molecular flexibility index (Phi) is 5.38. The number of hydrogen-bond donors (Lipinski definition) is 1. The van der Waals surface area contributed by atoms with Gasteiger partial charge in [-0.3, -0.25) is 9.71 Å². The van der Waals surface area contributed by atoms with Crippen LogP contribution in [0.25, 0.3) is 28.4 Å². The summed E-state index contributed by atoms with van der Waals surface area (Å²) in [5.74, 6) is -0.290. The Morgan fingerprint density at radius 3 is 2.47 bits per heavy atom. The number of fused-ring (bicyclic) bond motifs is 1. The highest BCUT2D eigenvalue weighted by Gasteiger charge is 2.17. The lowest BCUT2D eigenvalue weighted by Crippen LogP contribution is -2.13. The van der Waals surface area contributed by atoms with E-state index in [0.29, 0.717) is 28.5 Å². The van der Waals surface area contributed by atoms with E-state index in [0.717, 1.165) is 11.6 Å². The molecule has 0 aliphatic carbocycles. The van der Waals surface area contributed by atoms with Gasteiger partial charge in [-0.1, -0.05) is 18.2 Å². The van der Waals surface area contributed by atoms with E-state index >= 15 is 0 Å². The Bertz CT molecular complexity index is 1590. The van der Waals surface area contributed by atoms with Gasteiger partial charge in [0, 0.05) is 17.4 Å². The van der Waals surface area contributed by atoms with Crippen LogP contribution in [0.5, 0.6) is 5.75 Å². The van der Waals surface area contributed by atoms with E-state index in [2.05, 4.69) is 25.0 Å². The minimum atomic E-state index is -3.98. The third-order valence-corrected chi connectivity index (χ3v) is 6.40. The molecule has 0 amide bonds. The first-order chi connectivity index (χ1) is 16.4. The van der Waals surface area contributed by atoms with Crippen molar-refractivity contribution < 1.29 is 17.5 Å². The number of aromatic nitrogens is 5. The van der Waals surface area contributed by atoms with Crippen LogP contribution >= 0.6 is 0 Å². The monoisotopic (exact) mass is 476 g/mol. The Hall–Kier alpha value is -4.38. The zero-order valence-corrected chi connectivity index (χ0v) is 18.6. The van der Waals surface area contributed by atoms with Crippen LogP contribution in [-0.4, -0.2) is 40.3 Å². The molecule has 0 unspecified atom stereocenters. The third-order valence-electron chi connectivity index (χ3n) is 5.02. The molecule has 0 aliphatic heterocycles. The normalized spacial score (nSPS) is 11.5. The van der Waals surface area contributed by atoms with Crippen LogP contribution in [0, 0.1) is 5.82 Å². The Labute approximate surface area is 193 Å². The minimum absolute atomic E-state index is 0.0351. The van der Waals surface area contributed by atoms with Crippen molar-refractivity contribution in [1.82, 2.24) is 24.8 Å². The van der Waals surface area contributed by atoms with Crippen molar-refractivity contribution in [2.75, 3.05) is 11.8 Å². The molecule has 0 bridgehead atoms. The van der Waals surface area contributed by atoms with Gasteiger partial charge < -0.3 is 4.74 Å². The van der Waals surface area contributed by atoms with Gasteiger partial charge in [-0.05, 0) is 54.6 Å². The van der Waals surface area contributed by atoms with Crippen molar-refractivity contribution in [1.29, 1.82) is 0 Å². The first kappa shape index (κ1) is 21.5. The maximum Gasteiger partial charge on any atom is 0.262 e. The summed E-state index contributed by atoms with van der Waals surface area (Å²) in [5.41, 5.74) is 2.91. The van der Waals surface area contributed by atoms with Gasteiger partial charge in [0.25, 0.3) is 10.0 Å². The van der Waals surface area contributed by atoms with Gasteiger partial charge in [-0.25, -0.2) is 12.8 Å². The fourth-order valence-corrected chi connectivity index (χ4v) is 4.41. The van der Waals surface area contributed by atoms with Gasteiger partial charge in [0.1, 0.15) is 5.69 Å². The summed E-state index contributed by atoms with van der Waals surface area (Å²) in [6.45, 7) is 0. The SMILES string of the molecule is COc1ccc(S(=O)(=O)Nc2ccc(-c3ccc4nnc(-c5ccccn5)n4n3)cc2)cc1F. The number of hydrogen-bond acceptors (Lipinski definition) is 7. The number of ether oxygens (including phenoxy) is 1. The van der Waals surface area contributed by atoms with Crippen LogP contribution in [0.3, 0.4) is 0 Å². The number of nitrogens with zero attached hydrogens (tertiary/aromatic N) is 5. The van der Waals surface area contributed by atoms with Gasteiger partial charge >= 0.3 is 0 Å². The summed E-state index contributed by atoms with van der Waals surface area (Å²) in [7, 11) is -2.68. The molecule has 3 aromatic heterocycles. The molecule has 9 nitrogen and oxygen atoms in total. The topological polar surface area (TPSA) is 111 Å². The summed E-state index contributed by atoms with van der Waals surface area (Å²) >= 11 is 0. The molecule has 5 aromatic rings. The lowest BCUT2D eigenvalue weighted by molar-refractivity contribution is 0.385. The van der Waals surface area contributed by atoms with Crippen LogP contribution in [0.4, 0.5) is 10.1 Å². The van der Waals surface area contributed by atoms with Crippen LogP contribution in [0.2, 0.25) is 0 Å². The summed E-state index contributed by atoms with van der Waals surface area (Å²) in [4.78, 5) is 4.09. The molecule has 0 radical (unpaired) electrons. The third kappa shape index (κ3) is 4.04. The standard InChI is InChI=1S/C23H17FN6O3S/c1-33-21-11-9-17(14-18(21)24)34(31,32)29-16-7-5-15(6-8-16)19-10-12-22-26-27-23(30(22)28-19)20-4-2-3-13-25-20/h2-14,29H,1H3. The van der Waals surface area contributed by atoms with E-state index in [9.17, 15) is 12.8 Å². The molecule has 0 aliphatic rings. The molecule has 0 saturated heterocycles. The van der Waals surface area contributed by atoms with Crippen molar-refractivity contribution in [3.8, 4) is 28.5 Å². The summed E-state index contributed by atoms with van der Waals surface area (Å²) < 4.78 is 48.1. The number of pyridine rings is 1. The van der Waals surface area contributed by atoms with Crippen molar-refractivity contribution in [3.05, 3.63) is 84.8 Å². The largest absolute Gasteiger partial charge is 0.494 e. The average Bonchev–Trinajstić information content (AvgIpc) is 3.28. The summed E-state index contributed by atoms with van der Waals surface area (Å²) in [5, 5.41) is 12.9. The zero-order chi connectivity index (χ0) is 23.7. The maximum atomic E-state index is 13.9. The van der Waals surface area contributed by atoms with Gasteiger partial charge in [0.2, 0.25) is 5.82 Å². The first-order valence-corrected chi connectivity index (χ1v) is 11.5. The Morgan fingerprint density at radius 2 is 1.76 bits per heavy atom. The highest BCUT2D eigenvalue weighted by Crippen LogP contribution is 2.25. The van der Waals surface area contributed by atoms with Gasteiger partial charge in [-0.2, -0.15) is 9.61 Å². The number of rotatable bonds is 6. The predicted octanol–water partition coefficient (Wildman–Crippen LogP) is 3.80. The molecular weight excluding hydrogens is 459 g/mol. The van der Waals surface area contributed by atoms with Crippen LogP contribution in [-0.2, 0) is 10.0 Å². The second kappa shape index (κ2) is 8.52. The molecule has 0 fully saturated rings. The van der Waals surface area contributed by atoms with E-state index in [1.165, 1.54) is 19.2 Å². The molecule has 0 atom stereocenters. The van der Waals surface area contributed by atoms with Crippen LogP contribution < -0.4 is 9.46 Å². The smallest absolute Gasteiger partial charge is 0.262 e. The molecule has 1 N–H and O–H groups in total. The van der Waals surface area contributed by atoms with E-state index in [1.807, 2.05) is 18.2 Å². The molecule has 5 rings (SSSR count). The second-order valence-electron chi connectivity index (χ2n) is 7.21. The number of methoxy groups -OCH3 is 1. The van der Waals surface area contributed by atoms with Crippen molar-refractivity contribution >= 4 is 21.4 Å². The van der Waals surface area contributed by atoms with Crippen molar-refractivity contribution in [3.63, 3.8) is 0 Å². The van der Waals surface area contributed by atoms with Crippen molar-refractivity contribution in [2.24, 2.45) is 0 Å². The molecule has 2 aromatic carbocycles. The van der Waals surface area contributed by atoms with Crippen molar-refractivity contribution in [2.45, 2.75) is 4.90 Å². The van der Waals surface area contributed by atoms with E-state index < -0.39 is 15.8 Å². The maximum absolute atomic E-state index is 13.9. The lowest BCUT2D eigenvalue weighted by atomic mass is 10.1. The quantitative estimate of drug-likeness (QED) is 0.397. The fourth-order valence-electron chi connectivity index (χ4n) is 3.33. The summed E-state index contributed by atoms with van der Waals surface area (Å²) in [6.07, 6.45) is 1.67. The van der Waals surface area contributed by atoms with Crippen LogP contribution in [0.1, 0.15) is 0 Å². The van der Waals surface area contributed by atoms with Crippen LogP contribution in [0.15, 0.2) is 83.9 Å². The van der Waals surface area contributed by atoms with E-state index in [4.69, 9.17) is 4.74 Å². The molecule has 0 spiro atoms. The highest BCUT2D eigenvalue weighted by molar-refractivity contribution is 7.92. The minimum Gasteiger partial charge on any atom is -0.494 e. The molecule has 11 heteroatoms. The Balaban J connectivity index is 1.41. The highest BCUT2D eigenvalue weighted by atomic mass is 32.2. The number of nitrogens with one attached hydrogen (secondary N) is 1. The Morgan fingerprint density at radius 1 is 0.941 bits per heavy atom.